The minimum Gasteiger partial charge on any atom is -0.491 e. The first kappa shape index (κ1) is 18.0. The maximum Gasteiger partial charge on any atom is 0.123 e. The number of rotatable bonds is 9. The minimum absolute atomic E-state index is 0.103. The van der Waals surface area contributed by atoms with Gasteiger partial charge in [-0.25, -0.2) is 0 Å². The SMILES string of the molecule is CCCC(C)OCCOc1ccccc1CNC(C)(C)C. The van der Waals surface area contributed by atoms with Gasteiger partial charge in [0.1, 0.15) is 12.4 Å². The second-order valence-corrected chi connectivity index (χ2v) is 6.53. The molecule has 3 heteroatoms. The van der Waals surface area contributed by atoms with Gasteiger partial charge in [0.25, 0.3) is 0 Å². The molecule has 0 aromatic heterocycles. The van der Waals surface area contributed by atoms with Gasteiger partial charge < -0.3 is 14.8 Å². The van der Waals surface area contributed by atoms with E-state index in [1.54, 1.807) is 0 Å². The molecule has 1 atom stereocenters. The van der Waals surface area contributed by atoms with E-state index in [0.29, 0.717) is 19.3 Å². The summed E-state index contributed by atoms with van der Waals surface area (Å²) in [6.45, 7) is 12.8. The monoisotopic (exact) mass is 293 g/mol. The van der Waals surface area contributed by atoms with Crippen molar-refractivity contribution in [2.45, 2.75) is 65.6 Å². The molecule has 0 amide bonds. The van der Waals surface area contributed by atoms with Crippen LogP contribution in [-0.2, 0) is 11.3 Å². The van der Waals surface area contributed by atoms with Gasteiger partial charge in [0, 0.05) is 17.6 Å². The normalized spacial score (nSPS) is 13.2. The molecule has 0 aliphatic carbocycles. The van der Waals surface area contributed by atoms with Crippen molar-refractivity contribution >= 4 is 0 Å². The van der Waals surface area contributed by atoms with Crippen LogP contribution in [0.2, 0.25) is 0 Å². The topological polar surface area (TPSA) is 30.5 Å². The van der Waals surface area contributed by atoms with Gasteiger partial charge in [-0.15, -0.1) is 0 Å². The summed E-state index contributed by atoms with van der Waals surface area (Å²) in [5.41, 5.74) is 1.29. The Hall–Kier alpha value is -1.06. The molecule has 1 aromatic rings. The minimum atomic E-state index is 0.103. The Bertz CT molecular complexity index is 398. The molecule has 0 spiro atoms. The fourth-order valence-electron chi connectivity index (χ4n) is 2.04. The highest BCUT2D eigenvalue weighted by Gasteiger charge is 2.10. The van der Waals surface area contributed by atoms with Crippen LogP contribution in [-0.4, -0.2) is 24.9 Å². The maximum atomic E-state index is 5.87. The third kappa shape index (κ3) is 8.08. The summed E-state index contributed by atoms with van der Waals surface area (Å²) >= 11 is 0. The van der Waals surface area contributed by atoms with Crippen molar-refractivity contribution in [3.63, 3.8) is 0 Å². The predicted molar refractivity (Wildman–Crippen MR) is 88.9 cm³/mol. The van der Waals surface area contributed by atoms with E-state index in [4.69, 9.17) is 9.47 Å². The summed E-state index contributed by atoms with van der Waals surface area (Å²) in [6, 6.07) is 8.19. The van der Waals surface area contributed by atoms with Gasteiger partial charge in [-0.2, -0.15) is 0 Å². The van der Waals surface area contributed by atoms with Crippen LogP contribution in [0.15, 0.2) is 24.3 Å². The molecule has 0 bridgehead atoms. The second kappa shape index (κ2) is 9.06. The smallest absolute Gasteiger partial charge is 0.123 e. The van der Waals surface area contributed by atoms with E-state index in [1.807, 2.05) is 18.2 Å². The molecule has 1 unspecified atom stereocenters. The van der Waals surface area contributed by atoms with Gasteiger partial charge in [-0.3, -0.25) is 0 Å². The molecule has 21 heavy (non-hydrogen) atoms. The molecule has 0 aliphatic rings. The lowest BCUT2D eigenvalue weighted by atomic mass is 10.1. The summed E-state index contributed by atoms with van der Waals surface area (Å²) in [5.74, 6) is 0.945. The van der Waals surface area contributed by atoms with Crippen molar-refractivity contribution in [2.24, 2.45) is 0 Å². The zero-order valence-electron chi connectivity index (χ0n) is 14.2. The summed E-state index contributed by atoms with van der Waals surface area (Å²) < 4.78 is 11.6. The van der Waals surface area contributed by atoms with E-state index in [1.165, 1.54) is 5.56 Å². The molecule has 1 rings (SSSR count). The van der Waals surface area contributed by atoms with Gasteiger partial charge in [0.15, 0.2) is 0 Å². The van der Waals surface area contributed by atoms with Crippen molar-refractivity contribution in [3.05, 3.63) is 29.8 Å². The highest BCUT2D eigenvalue weighted by molar-refractivity contribution is 5.33. The molecule has 1 aromatic carbocycles. The van der Waals surface area contributed by atoms with Crippen LogP contribution in [0.5, 0.6) is 5.75 Å². The number of hydrogen-bond donors (Lipinski definition) is 1. The Kier molecular flexibility index (Phi) is 7.76. The van der Waals surface area contributed by atoms with Gasteiger partial charge in [0.05, 0.1) is 12.7 Å². The van der Waals surface area contributed by atoms with Gasteiger partial charge >= 0.3 is 0 Å². The number of para-hydroxylation sites is 1. The first-order valence-electron chi connectivity index (χ1n) is 7.99. The highest BCUT2D eigenvalue weighted by atomic mass is 16.5. The number of benzene rings is 1. The van der Waals surface area contributed by atoms with E-state index >= 15 is 0 Å². The van der Waals surface area contributed by atoms with Crippen LogP contribution in [0, 0.1) is 0 Å². The lowest BCUT2D eigenvalue weighted by molar-refractivity contribution is 0.0393. The highest BCUT2D eigenvalue weighted by Crippen LogP contribution is 2.18. The van der Waals surface area contributed by atoms with E-state index in [-0.39, 0.29) is 5.54 Å². The average molecular weight is 293 g/mol. The summed E-state index contributed by atoms with van der Waals surface area (Å²) in [5, 5.41) is 3.49. The molecule has 0 fully saturated rings. The van der Waals surface area contributed by atoms with Crippen LogP contribution >= 0.6 is 0 Å². The zero-order valence-corrected chi connectivity index (χ0v) is 14.2. The first-order chi connectivity index (χ1) is 9.92. The fraction of sp³-hybridized carbons (Fsp3) is 0.667. The Morgan fingerprint density at radius 3 is 2.52 bits per heavy atom. The van der Waals surface area contributed by atoms with Gasteiger partial charge in [0.2, 0.25) is 0 Å². The maximum absolute atomic E-state index is 5.87. The standard InChI is InChI=1S/C18H31NO2/c1-6-9-15(2)20-12-13-21-17-11-8-7-10-16(17)14-19-18(3,4)5/h7-8,10-11,15,19H,6,9,12-14H2,1-5H3. The van der Waals surface area contributed by atoms with E-state index in [2.05, 4.69) is 46.0 Å². The van der Waals surface area contributed by atoms with Gasteiger partial charge in [-0.1, -0.05) is 31.5 Å². The van der Waals surface area contributed by atoms with E-state index in [0.717, 1.165) is 25.1 Å². The largest absolute Gasteiger partial charge is 0.491 e. The van der Waals surface area contributed by atoms with Crippen LogP contribution in [0.3, 0.4) is 0 Å². The first-order valence-corrected chi connectivity index (χ1v) is 7.99. The third-order valence-electron chi connectivity index (χ3n) is 3.22. The Balaban J connectivity index is 2.40. The van der Waals surface area contributed by atoms with E-state index in [9.17, 15) is 0 Å². The third-order valence-corrected chi connectivity index (χ3v) is 3.22. The molecular formula is C18H31NO2. The number of hydrogen-bond acceptors (Lipinski definition) is 3. The van der Waals surface area contributed by atoms with Gasteiger partial charge in [-0.05, 0) is 40.2 Å². The van der Waals surface area contributed by atoms with Crippen molar-refractivity contribution in [1.82, 2.24) is 5.32 Å². The second-order valence-electron chi connectivity index (χ2n) is 6.53. The molecule has 0 aliphatic heterocycles. The van der Waals surface area contributed by atoms with Crippen LogP contribution in [0.1, 0.15) is 53.0 Å². The summed E-state index contributed by atoms with van der Waals surface area (Å²) in [4.78, 5) is 0. The van der Waals surface area contributed by atoms with Crippen LogP contribution < -0.4 is 10.1 Å². The quantitative estimate of drug-likeness (QED) is 0.694. The Morgan fingerprint density at radius 2 is 1.86 bits per heavy atom. The average Bonchev–Trinajstić information content (AvgIpc) is 2.42. The number of ether oxygens (including phenoxy) is 2. The molecule has 120 valence electrons. The number of nitrogens with one attached hydrogen (secondary N) is 1. The summed E-state index contributed by atoms with van der Waals surface area (Å²) in [7, 11) is 0. The molecule has 1 N–H and O–H groups in total. The lowest BCUT2D eigenvalue weighted by Crippen LogP contribution is -2.35. The molecular weight excluding hydrogens is 262 g/mol. The van der Waals surface area contributed by atoms with Crippen LogP contribution in [0.4, 0.5) is 0 Å². The van der Waals surface area contributed by atoms with Crippen LogP contribution in [0.25, 0.3) is 0 Å². The zero-order chi connectivity index (χ0) is 15.7. The van der Waals surface area contributed by atoms with Crippen molar-refractivity contribution in [2.75, 3.05) is 13.2 Å². The van der Waals surface area contributed by atoms with Crippen molar-refractivity contribution < 1.29 is 9.47 Å². The molecule has 0 saturated carbocycles. The summed E-state index contributed by atoms with van der Waals surface area (Å²) in [6.07, 6.45) is 2.58. The Morgan fingerprint density at radius 1 is 1.14 bits per heavy atom. The van der Waals surface area contributed by atoms with Crippen molar-refractivity contribution in [3.8, 4) is 5.75 Å². The molecule has 3 nitrogen and oxygen atoms in total. The van der Waals surface area contributed by atoms with Crippen molar-refractivity contribution in [1.29, 1.82) is 0 Å². The van der Waals surface area contributed by atoms with E-state index < -0.39 is 0 Å². The fourth-order valence-corrected chi connectivity index (χ4v) is 2.04. The Labute approximate surface area is 130 Å². The lowest BCUT2D eigenvalue weighted by Gasteiger charge is -2.21. The predicted octanol–water partition coefficient (Wildman–Crippen LogP) is 4.16. The molecule has 0 radical (unpaired) electrons. The molecule has 0 heterocycles. The molecule has 0 saturated heterocycles.